The smallest absolute Gasteiger partial charge is 0.198 e. The standard InChI is InChI=1S/C31H41FOS/c1-3-5-7-9-11-22-13-15-23(16-14-22)25-18-19-26-27-20-17-24(12-10-8-6-4-2)29(32)30(27)33-31(34)28(26)21-25/h17-23H,3-16H2,1-2H3. The van der Waals surface area contributed by atoms with Gasteiger partial charge in [-0.1, -0.05) is 89.5 Å². The molecule has 1 nitrogen and oxygen atoms in total. The van der Waals surface area contributed by atoms with Crippen LogP contribution in [0.4, 0.5) is 4.39 Å². The number of hydrogen-bond acceptors (Lipinski definition) is 2. The quantitative estimate of drug-likeness (QED) is 0.154. The molecule has 0 unspecified atom stereocenters. The van der Waals surface area contributed by atoms with Gasteiger partial charge in [0.25, 0.3) is 0 Å². The van der Waals surface area contributed by atoms with E-state index in [2.05, 4.69) is 32.0 Å². The fraction of sp³-hybridized carbons (Fsp3) is 0.581. The molecule has 34 heavy (non-hydrogen) atoms. The van der Waals surface area contributed by atoms with Crippen molar-refractivity contribution in [1.29, 1.82) is 0 Å². The van der Waals surface area contributed by atoms with Crippen molar-refractivity contribution in [2.24, 2.45) is 5.92 Å². The predicted molar refractivity (Wildman–Crippen MR) is 146 cm³/mol. The van der Waals surface area contributed by atoms with Gasteiger partial charge in [-0.2, -0.15) is 0 Å². The molecular weight excluding hydrogens is 439 g/mol. The van der Waals surface area contributed by atoms with E-state index in [0.717, 1.165) is 46.9 Å². The number of aryl methyl sites for hydroxylation is 1. The third kappa shape index (κ3) is 5.90. The fourth-order valence-electron chi connectivity index (χ4n) is 5.86. The van der Waals surface area contributed by atoms with E-state index < -0.39 is 0 Å². The van der Waals surface area contributed by atoms with Crippen molar-refractivity contribution >= 4 is 34.0 Å². The molecule has 2 aromatic carbocycles. The maximum atomic E-state index is 15.3. The highest BCUT2D eigenvalue weighted by Crippen LogP contribution is 2.40. The molecule has 4 rings (SSSR count). The van der Waals surface area contributed by atoms with Crippen LogP contribution in [0.25, 0.3) is 21.7 Å². The number of halogens is 1. The van der Waals surface area contributed by atoms with Gasteiger partial charge < -0.3 is 4.42 Å². The van der Waals surface area contributed by atoms with Crippen molar-refractivity contribution < 1.29 is 8.81 Å². The number of benzene rings is 2. The number of fused-ring (bicyclic) bond motifs is 3. The van der Waals surface area contributed by atoms with Crippen LogP contribution in [0.5, 0.6) is 0 Å². The summed E-state index contributed by atoms with van der Waals surface area (Å²) >= 11 is 5.62. The molecule has 1 saturated carbocycles. The van der Waals surface area contributed by atoms with Crippen LogP contribution >= 0.6 is 12.2 Å². The van der Waals surface area contributed by atoms with Crippen LogP contribution in [-0.2, 0) is 6.42 Å². The maximum absolute atomic E-state index is 15.3. The number of unbranched alkanes of at least 4 members (excludes halogenated alkanes) is 6. The topological polar surface area (TPSA) is 13.1 Å². The van der Waals surface area contributed by atoms with Crippen LogP contribution in [0.3, 0.4) is 0 Å². The summed E-state index contributed by atoms with van der Waals surface area (Å²) in [6.07, 6.45) is 17.3. The van der Waals surface area contributed by atoms with Gasteiger partial charge in [-0.3, -0.25) is 0 Å². The first-order chi connectivity index (χ1) is 16.6. The summed E-state index contributed by atoms with van der Waals surface area (Å²) < 4.78 is 21.6. The predicted octanol–water partition coefficient (Wildman–Crippen LogP) is 10.8. The van der Waals surface area contributed by atoms with Crippen LogP contribution < -0.4 is 0 Å². The van der Waals surface area contributed by atoms with Gasteiger partial charge in [0.2, 0.25) is 0 Å². The maximum Gasteiger partial charge on any atom is 0.198 e. The number of hydrogen-bond donors (Lipinski definition) is 0. The Labute approximate surface area is 210 Å². The SMILES string of the molecule is CCCCCCc1ccc2c(oc(=S)c3cc(C4CCC(CCCCCC)CC4)ccc32)c1F. The third-order valence-electron chi connectivity index (χ3n) is 8.01. The van der Waals surface area contributed by atoms with Gasteiger partial charge in [0.15, 0.2) is 16.1 Å². The molecule has 3 aromatic rings. The minimum Gasteiger partial charge on any atom is -0.441 e. The van der Waals surface area contributed by atoms with E-state index >= 15 is 4.39 Å². The highest BCUT2D eigenvalue weighted by Gasteiger charge is 2.23. The Balaban J connectivity index is 1.50. The van der Waals surface area contributed by atoms with Crippen LogP contribution in [0, 0.1) is 16.4 Å². The summed E-state index contributed by atoms with van der Waals surface area (Å²) in [5.41, 5.74) is 2.43. The zero-order valence-corrected chi connectivity index (χ0v) is 22.0. The Hall–Kier alpha value is -1.74. The van der Waals surface area contributed by atoms with E-state index in [0.29, 0.717) is 16.2 Å². The van der Waals surface area contributed by atoms with E-state index in [1.165, 1.54) is 76.2 Å². The molecule has 1 heterocycles. The van der Waals surface area contributed by atoms with Crippen LogP contribution in [0.1, 0.15) is 114 Å². The van der Waals surface area contributed by atoms with Gasteiger partial charge >= 0.3 is 0 Å². The molecular formula is C31H41FOS. The molecule has 3 heteroatoms. The van der Waals surface area contributed by atoms with Gasteiger partial charge in [0, 0.05) is 10.8 Å². The molecule has 0 saturated heterocycles. The van der Waals surface area contributed by atoms with E-state index in [1.807, 2.05) is 12.1 Å². The highest BCUT2D eigenvalue weighted by atomic mass is 32.1. The van der Waals surface area contributed by atoms with Crippen molar-refractivity contribution in [3.63, 3.8) is 0 Å². The summed E-state index contributed by atoms with van der Waals surface area (Å²) in [4.78, 5) is 0. The second-order valence-electron chi connectivity index (χ2n) is 10.5. The fourth-order valence-corrected chi connectivity index (χ4v) is 6.11. The Morgan fingerprint density at radius 3 is 2.26 bits per heavy atom. The summed E-state index contributed by atoms with van der Waals surface area (Å²) in [7, 11) is 0. The van der Waals surface area contributed by atoms with Gasteiger partial charge in [-0.25, -0.2) is 4.39 Å². The largest absolute Gasteiger partial charge is 0.441 e. The molecule has 0 bridgehead atoms. The molecule has 1 aromatic heterocycles. The summed E-state index contributed by atoms with van der Waals surface area (Å²) in [6.45, 7) is 4.47. The van der Waals surface area contributed by atoms with Crippen molar-refractivity contribution in [1.82, 2.24) is 0 Å². The van der Waals surface area contributed by atoms with E-state index in [-0.39, 0.29) is 5.82 Å². The van der Waals surface area contributed by atoms with E-state index in [1.54, 1.807) is 0 Å². The molecule has 0 N–H and O–H groups in total. The first kappa shape index (κ1) is 25.4. The molecule has 1 aliphatic carbocycles. The minimum atomic E-state index is -0.233. The zero-order chi connectivity index (χ0) is 23.9. The Bertz CT molecular complexity index is 1140. The highest BCUT2D eigenvalue weighted by molar-refractivity contribution is 7.71. The van der Waals surface area contributed by atoms with Gasteiger partial charge in [0.1, 0.15) is 0 Å². The molecule has 1 aliphatic rings. The zero-order valence-electron chi connectivity index (χ0n) is 21.1. The average Bonchev–Trinajstić information content (AvgIpc) is 2.86. The summed E-state index contributed by atoms with van der Waals surface area (Å²) in [5.74, 6) is 1.27. The molecule has 184 valence electrons. The summed E-state index contributed by atoms with van der Waals surface area (Å²) in [6, 6.07) is 10.6. The summed E-state index contributed by atoms with van der Waals surface area (Å²) in [5, 5.41) is 2.80. The van der Waals surface area contributed by atoms with Crippen molar-refractivity contribution in [3.05, 3.63) is 52.0 Å². The lowest BCUT2D eigenvalue weighted by Crippen LogP contribution is -2.13. The van der Waals surface area contributed by atoms with Crippen LogP contribution in [0.15, 0.2) is 34.7 Å². The van der Waals surface area contributed by atoms with Crippen LogP contribution in [0.2, 0.25) is 0 Å². The van der Waals surface area contributed by atoms with Gasteiger partial charge in [-0.15, -0.1) is 0 Å². The van der Waals surface area contributed by atoms with Gasteiger partial charge in [0.05, 0.1) is 0 Å². The first-order valence-electron chi connectivity index (χ1n) is 13.8. The van der Waals surface area contributed by atoms with Crippen molar-refractivity contribution in [3.8, 4) is 0 Å². The third-order valence-corrected chi connectivity index (χ3v) is 8.31. The monoisotopic (exact) mass is 480 g/mol. The molecule has 0 spiro atoms. The second kappa shape index (κ2) is 12.3. The lowest BCUT2D eigenvalue weighted by molar-refractivity contribution is 0.302. The molecule has 0 amide bonds. The van der Waals surface area contributed by atoms with E-state index in [4.69, 9.17) is 16.6 Å². The van der Waals surface area contributed by atoms with Crippen molar-refractivity contribution in [2.75, 3.05) is 0 Å². The number of rotatable bonds is 11. The van der Waals surface area contributed by atoms with Crippen LogP contribution in [-0.4, -0.2) is 0 Å². The lowest BCUT2D eigenvalue weighted by atomic mass is 9.77. The Morgan fingerprint density at radius 1 is 0.824 bits per heavy atom. The molecule has 0 aliphatic heterocycles. The Kier molecular flexibility index (Phi) is 9.17. The molecule has 0 atom stereocenters. The average molecular weight is 481 g/mol. The minimum absolute atomic E-state index is 0.233. The normalized spacial score (nSPS) is 18.7. The van der Waals surface area contributed by atoms with E-state index in [9.17, 15) is 0 Å². The first-order valence-corrected chi connectivity index (χ1v) is 14.2. The molecule has 0 radical (unpaired) electrons. The molecule has 1 fully saturated rings. The Morgan fingerprint density at radius 2 is 1.53 bits per heavy atom. The van der Waals surface area contributed by atoms with Crippen molar-refractivity contribution in [2.45, 2.75) is 110 Å². The lowest BCUT2D eigenvalue weighted by Gasteiger charge is -2.29. The van der Waals surface area contributed by atoms with Gasteiger partial charge in [-0.05, 0) is 85.2 Å². The second-order valence-corrected chi connectivity index (χ2v) is 10.9.